The van der Waals surface area contributed by atoms with Crippen LogP contribution in [-0.4, -0.2) is 39.1 Å². The van der Waals surface area contributed by atoms with E-state index in [1.807, 2.05) is 32.9 Å². The smallest absolute Gasteiger partial charge is 0.226 e. The lowest BCUT2D eigenvalue weighted by Crippen LogP contribution is -2.44. The number of H-pyrrole nitrogens is 1. The number of nitrogens with two attached hydrogens (primary N) is 2. The number of carbonyl (C=O) groups excluding carboxylic acids is 1. The molecule has 1 amide bonds. The number of aliphatic imine (C=N–C) groups is 1. The van der Waals surface area contributed by atoms with Crippen LogP contribution >= 0.6 is 0 Å². The molecule has 9 heteroatoms. The number of hydrogen-bond donors (Lipinski definition) is 5. The number of aryl methyl sites for hydroxylation is 1. The molecule has 8 nitrogen and oxygen atoms in total. The van der Waals surface area contributed by atoms with Gasteiger partial charge in [-0.05, 0) is 77.2 Å². The van der Waals surface area contributed by atoms with Crippen LogP contribution in [0.3, 0.4) is 0 Å². The maximum atomic E-state index is 14.8. The van der Waals surface area contributed by atoms with Crippen molar-refractivity contribution in [3.63, 3.8) is 0 Å². The first-order valence-electron chi connectivity index (χ1n) is 14.9. The molecule has 1 aromatic heterocycles. The highest BCUT2D eigenvalue weighted by molar-refractivity contribution is 6.07. The van der Waals surface area contributed by atoms with Gasteiger partial charge in [-0.25, -0.2) is 4.39 Å². The standard InChI is InChI=1S/C29H39FN6O2.C4H10/c1-7-15(3)27(35-20-12-21(37)13-20)22(11-19(30)8-2)18(6)34-28(26(31)17(5)29(32)38)25-16(4)9-10-24-23(25)14-33-36-24;1-3-4-2/h8-11,14,17,20-21,35,37H,7,12-13,31H2,1-6H3,(H2,32,38)(H,33,36);3-4H2,1-2H3/b19-8+,22-11-,27-15-,28-26+,34-18+;. The summed E-state index contributed by atoms with van der Waals surface area (Å²) >= 11 is 0. The van der Waals surface area contributed by atoms with Crippen molar-refractivity contribution in [3.8, 4) is 0 Å². The number of aliphatic hydroxyl groups is 1. The highest BCUT2D eigenvalue weighted by atomic mass is 19.1. The molecule has 0 bridgehead atoms. The molecule has 3 rings (SSSR count). The third kappa shape index (κ3) is 8.64. The van der Waals surface area contributed by atoms with Gasteiger partial charge < -0.3 is 21.9 Å². The minimum Gasteiger partial charge on any atom is -0.400 e. The maximum Gasteiger partial charge on any atom is 0.226 e. The van der Waals surface area contributed by atoms with Crippen LogP contribution in [0.2, 0.25) is 0 Å². The van der Waals surface area contributed by atoms with Crippen LogP contribution in [0, 0.1) is 12.8 Å². The van der Waals surface area contributed by atoms with Crippen molar-refractivity contribution in [2.24, 2.45) is 22.4 Å². The largest absolute Gasteiger partial charge is 0.400 e. The number of unbranched alkanes of at least 4 members (excludes halogenated alkanes) is 1. The fraction of sp³-hybridized carbons (Fsp3) is 0.485. The summed E-state index contributed by atoms with van der Waals surface area (Å²) in [6.45, 7) is 15.4. The first-order valence-corrected chi connectivity index (χ1v) is 14.9. The van der Waals surface area contributed by atoms with Crippen molar-refractivity contribution in [3.05, 3.63) is 70.0 Å². The van der Waals surface area contributed by atoms with Gasteiger partial charge in [-0.1, -0.05) is 45.8 Å². The number of nitrogens with zero attached hydrogens (tertiary/aromatic N) is 2. The van der Waals surface area contributed by atoms with Crippen LogP contribution in [-0.2, 0) is 4.79 Å². The van der Waals surface area contributed by atoms with Crippen LogP contribution in [0.4, 0.5) is 4.39 Å². The van der Waals surface area contributed by atoms with Crippen LogP contribution < -0.4 is 16.8 Å². The van der Waals surface area contributed by atoms with Gasteiger partial charge in [-0.2, -0.15) is 5.10 Å². The predicted octanol–water partition coefficient (Wildman–Crippen LogP) is 6.48. The molecule has 1 heterocycles. The molecule has 1 aliphatic carbocycles. The Labute approximate surface area is 249 Å². The zero-order chi connectivity index (χ0) is 31.6. The Kier molecular flexibility index (Phi) is 13.2. The molecule has 230 valence electrons. The second-order valence-corrected chi connectivity index (χ2v) is 10.9. The van der Waals surface area contributed by atoms with E-state index in [-0.39, 0.29) is 17.8 Å². The summed E-state index contributed by atoms with van der Waals surface area (Å²) in [5, 5.41) is 21.3. The summed E-state index contributed by atoms with van der Waals surface area (Å²) in [7, 11) is 0. The van der Waals surface area contributed by atoms with E-state index >= 15 is 0 Å². The van der Waals surface area contributed by atoms with E-state index in [2.05, 4.69) is 29.4 Å². The summed E-state index contributed by atoms with van der Waals surface area (Å²) in [5.41, 5.74) is 18.1. The molecule has 1 aliphatic rings. The van der Waals surface area contributed by atoms with E-state index in [0.717, 1.165) is 39.7 Å². The predicted molar refractivity (Wildman–Crippen MR) is 172 cm³/mol. The van der Waals surface area contributed by atoms with Crippen LogP contribution in [0.5, 0.6) is 0 Å². The van der Waals surface area contributed by atoms with Crippen molar-refractivity contribution in [1.82, 2.24) is 15.5 Å². The average molecular weight is 581 g/mol. The molecular formula is C33H49FN6O2. The van der Waals surface area contributed by atoms with Crippen LogP contribution in [0.1, 0.15) is 91.7 Å². The quantitative estimate of drug-likeness (QED) is 0.153. The highest BCUT2D eigenvalue weighted by Gasteiger charge is 2.29. The van der Waals surface area contributed by atoms with E-state index < -0.39 is 17.7 Å². The molecule has 1 atom stereocenters. The average Bonchev–Trinajstić information content (AvgIpc) is 3.44. The van der Waals surface area contributed by atoms with Gasteiger partial charge in [0.2, 0.25) is 5.91 Å². The number of nitrogens with one attached hydrogen (secondary N) is 2. The van der Waals surface area contributed by atoms with Gasteiger partial charge in [0, 0.05) is 39.7 Å². The first kappa shape index (κ1) is 34.5. The lowest BCUT2D eigenvalue weighted by atomic mass is 9.88. The Bertz CT molecular complexity index is 1390. The second-order valence-electron chi connectivity index (χ2n) is 10.9. The number of allylic oxidation sites excluding steroid dienone is 5. The van der Waals surface area contributed by atoms with E-state index in [1.165, 1.54) is 25.0 Å². The van der Waals surface area contributed by atoms with E-state index in [1.54, 1.807) is 27.0 Å². The Morgan fingerprint density at radius 3 is 2.40 bits per heavy atom. The van der Waals surface area contributed by atoms with Crippen molar-refractivity contribution in [2.45, 2.75) is 99.6 Å². The summed E-state index contributed by atoms with van der Waals surface area (Å²) in [6.07, 6.45) is 8.79. The van der Waals surface area contributed by atoms with Gasteiger partial charge in [0.25, 0.3) is 0 Å². The molecule has 1 fully saturated rings. The van der Waals surface area contributed by atoms with Gasteiger partial charge in [0.1, 0.15) is 5.83 Å². The third-order valence-corrected chi connectivity index (χ3v) is 7.65. The lowest BCUT2D eigenvalue weighted by Gasteiger charge is -2.35. The second kappa shape index (κ2) is 16.1. The topological polar surface area (TPSA) is 142 Å². The Hall–Kier alpha value is -3.72. The molecule has 0 aliphatic heterocycles. The summed E-state index contributed by atoms with van der Waals surface area (Å²) in [6, 6.07) is 3.91. The molecular weight excluding hydrogens is 531 g/mol. The van der Waals surface area contributed by atoms with Crippen LogP contribution in [0.25, 0.3) is 16.6 Å². The van der Waals surface area contributed by atoms with E-state index in [9.17, 15) is 14.3 Å². The monoisotopic (exact) mass is 580 g/mol. The zero-order valence-corrected chi connectivity index (χ0v) is 26.4. The number of fused-ring (bicyclic) bond motifs is 1. The number of aromatic nitrogens is 2. The van der Waals surface area contributed by atoms with Gasteiger partial charge in [-0.3, -0.25) is 14.9 Å². The number of rotatable bonds is 11. The lowest BCUT2D eigenvalue weighted by molar-refractivity contribution is -0.120. The molecule has 2 aromatic rings. The SMILES string of the molecule is CCCC.C\C=C(F)/C=C(C(\NC1CC(O)C1)=C(/C)CC)/C(C)=N/C(=C(/N)C(C)C(N)=O)c1c(C)ccc2[nH]ncc12. The van der Waals surface area contributed by atoms with E-state index in [4.69, 9.17) is 16.5 Å². The molecule has 1 aromatic carbocycles. The van der Waals surface area contributed by atoms with E-state index in [0.29, 0.717) is 29.8 Å². The molecule has 0 radical (unpaired) electrons. The first-order chi connectivity index (χ1) is 19.9. The Morgan fingerprint density at radius 1 is 1.24 bits per heavy atom. The zero-order valence-electron chi connectivity index (χ0n) is 26.4. The number of aromatic amines is 1. The summed E-state index contributed by atoms with van der Waals surface area (Å²) in [4.78, 5) is 17.1. The van der Waals surface area contributed by atoms with Gasteiger partial charge in [0.05, 0.1) is 29.4 Å². The van der Waals surface area contributed by atoms with Crippen molar-refractivity contribution >= 4 is 28.2 Å². The number of halogens is 1. The van der Waals surface area contributed by atoms with Gasteiger partial charge >= 0.3 is 0 Å². The maximum absolute atomic E-state index is 14.8. The number of primary amides is 1. The number of benzene rings is 1. The van der Waals surface area contributed by atoms with Crippen LogP contribution in [0.15, 0.2) is 63.8 Å². The Balaban J connectivity index is 0.00000144. The Morgan fingerprint density at radius 2 is 1.88 bits per heavy atom. The highest BCUT2D eigenvalue weighted by Crippen LogP contribution is 2.33. The van der Waals surface area contributed by atoms with Crippen molar-refractivity contribution in [1.29, 1.82) is 0 Å². The number of amides is 1. The van der Waals surface area contributed by atoms with Crippen molar-refractivity contribution < 1.29 is 14.3 Å². The number of carbonyl (C=O) groups is 1. The minimum atomic E-state index is -0.787. The number of hydrogen-bond acceptors (Lipinski definition) is 6. The number of aliphatic hydroxyl groups excluding tert-OH is 1. The minimum absolute atomic E-state index is 0.0725. The third-order valence-electron chi connectivity index (χ3n) is 7.65. The summed E-state index contributed by atoms with van der Waals surface area (Å²) in [5.74, 6) is -1.78. The molecule has 1 unspecified atom stereocenters. The fourth-order valence-corrected chi connectivity index (χ4v) is 4.39. The molecule has 0 spiro atoms. The molecule has 0 saturated heterocycles. The van der Waals surface area contributed by atoms with Crippen molar-refractivity contribution in [2.75, 3.05) is 0 Å². The molecule has 1 saturated carbocycles. The fourth-order valence-electron chi connectivity index (χ4n) is 4.39. The molecule has 42 heavy (non-hydrogen) atoms. The van der Waals surface area contributed by atoms with Gasteiger partial charge in [-0.15, -0.1) is 0 Å². The summed E-state index contributed by atoms with van der Waals surface area (Å²) < 4.78 is 14.8. The molecule has 7 N–H and O–H groups in total. The van der Waals surface area contributed by atoms with Gasteiger partial charge in [0.15, 0.2) is 0 Å². The normalized spacial score (nSPS) is 19.7.